The van der Waals surface area contributed by atoms with Crippen molar-refractivity contribution in [2.24, 2.45) is 0 Å². The molecule has 1 aromatic carbocycles. The van der Waals surface area contributed by atoms with E-state index >= 15 is 0 Å². The van der Waals surface area contributed by atoms with Crippen LogP contribution < -0.4 is 9.47 Å². The molecule has 142 valence electrons. The zero-order valence-corrected chi connectivity index (χ0v) is 14.4. The Morgan fingerprint density at radius 3 is 2.81 bits per heavy atom. The Hall–Kier alpha value is -3.14. The Kier molecular flexibility index (Phi) is 5.87. The molecule has 3 aromatic rings. The van der Waals surface area contributed by atoms with Crippen LogP contribution in [0.2, 0.25) is 0 Å². The highest BCUT2D eigenvalue weighted by Crippen LogP contribution is 2.29. The average Bonchev–Trinajstić information content (AvgIpc) is 3.10. The van der Waals surface area contributed by atoms with Crippen molar-refractivity contribution in [3.8, 4) is 22.9 Å². The Morgan fingerprint density at radius 2 is 2.11 bits per heavy atom. The number of alkyl halides is 2. The molecule has 8 nitrogen and oxygen atoms in total. The Balaban J connectivity index is 1.94. The van der Waals surface area contributed by atoms with E-state index in [1.165, 1.54) is 29.3 Å². The molecule has 0 saturated carbocycles. The SMILES string of the molecule is CCOc1ncc(Cn2cnc(CO)n2)nc1-c1cccc(OC(F)F)c1. The fourth-order valence-corrected chi connectivity index (χ4v) is 2.39. The van der Waals surface area contributed by atoms with Gasteiger partial charge >= 0.3 is 6.61 Å². The molecule has 0 fully saturated rings. The summed E-state index contributed by atoms with van der Waals surface area (Å²) < 4.78 is 36.4. The van der Waals surface area contributed by atoms with E-state index in [0.29, 0.717) is 29.4 Å². The number of hydrogen-bond acceptors (Lipinski definition) is 7. The lowest BCUT2D eigenvalue weighted by Gasteiger charge is -2.11. The average molecular weight is 377 g/mol. The van der Waals surface area contributed by atoms with Crippen LogP contribution in [0.25, 0.3) is 11.3 Å². The van der Waals surface area contributed by atoms with Gasteiger partial charge in [0.2, 0.25) is 5.88 Å². The van der Waals surface area contributed by atoms with Crippen LogP contribution in [0.4, 0.5) is 8.78 Å². The molecular weight excluding hydrogens is 360 g/mol. The predicted molar refractivity (Wildman–Crippen MR) is 90.3 cm³/mol. The first-order valence-corrected chi connectivity index (χ1v) is 8.12. The van der Waals surface area contributed by atoms with Gasteiger partial charge in [-0.05, 0) is 19.1 Å². The zero-order valence-electron chi connectivity index (χ0n) is 14.4. The number of benzene rings is 1. The zero-order chi connectivity index (χ0) is 19.2. The highest BCUT2D eigenvalue weighted by molar-refractivity contribution is 5.66. The maximum absolute atomic E-state index is 12.5. The van der Waals surface area contributed by atoms with Gasteiger partial charge in [0.05, 0.1) is 25.0 Å². The third kappa shape index (κ3) is 4.73. The number of rotatable bonds is 8. The number of aromatic nitrogens is 5. The number of nitrogens with zero attached hydrogens (tertiary/aromatic N) is 5. The minimum Gasteiger partial charge on any atom is -0.476 e. The van der Waals surface area contributed by atoms with Crippen LogP contribution in [0.1, 0.15) is 18.4 Å². The molecule has 10 heteroatoms. The van der Waals surface area contributed by atoms with Crippen molar-refractivity contribution in [2.45, 2.75) is 26.7 Å². The Labute approximate surface area is 153 Å². The van der Waals surface area contributed by atoms with Crippen molar-refractivity contribution in [1.82, 2.24) is 24.7 Å². The van der Waals surface area contributed by atoms with Crippen molar-refractivity contribution >= 4 is 0 Å². The largest absolute Gasteiger partial charge is 0.476 e. The summed E-state index contributed by atoms with van der Waals surface area (Å²) in [5.74, 6) is 0.595. The van der Waals surface area contributed by atoms with Gasteiger partial charge in [-0.3, -0.25) is 0 Å². The highest BCUT2D eigenvalue weighted by atomic mass is 19.3. The molecule has 0 atom stereocenters. The van der Waals surface area contributed by atoms with Crippen molar-refractivity contribution in [2.75, 3.05) is 6.61 Å². The van der Waals surface area contributed by atoms with Crippen LogP contribution in [0.15, 0.2) is 36.8 Å². The second kappa shape index (κ2) is 8.49. The Bertz CT molecular complexity index is 904. The molecule has 27 heavy (non-hydrogen) atoms. The summed E-state index contributed by atoms with van der Waals surface area (Å²) in [6, 6.07) is 6.16. The lowest BCUT2D eigenvalue weighted by atomic mass is 10.1. The Morgan fingerprint density at radius 1 is 1.26 bits per heavy atom. The van der Waals surface area contributed by atoms with Gasteiger partial charge in [0.1, 0.15) is 24.4 Å². The summed E-state index contributed by atoms with van der Waals surface area (Å²) >= 11 is 0. The first-order chi connectivity index (χ1) is 13.1. The molecular formula is C17H17F2N5O3. The maximum atomic E-state index is 12.5. The van der Waals surface area contributed by atoms with E-state index in [-0.39, 0.29) is 24.8 Å². The number of halogens is 2. The minimum atomic E-state index is -2.92. The van der Waals surface area contributed by atoms with Crippen LogP contribution in [-0.4, -0.2) is 43.1 Å². The van der Waals surface area contributed by atoms with Gasteiger partial charge in [0, 0.05) is 5.56 Å². The first-order valence-electron chi connectivity index (χ1n) is 8.12. The predicted octanol–water partition coefficient (Wildman–Crippen LogP) is 2.28. The molecule has 0 amide bonds. The third-order valence-corrected chi connectivity index (χ3v) is 3.45. The van der Waals surface area contributed by atoms with E-state index in [1.54, 1.807) is 12.1 Å². The molecule has 0 saturated heterocycles. The topological polar surface area (TPSA) is 95.2 Å². The van der Waals surface area contributed by atoms with Crippen LogP contribution in [-0.2, 0) is 13.2 Å². The summed E-state index contributed by atoms with van der Waals surface area (Å²) in [7, 11) is 0. The molecule has 0 spiro atoms. The molecule has 0 aliphatic carbocycles. The van der Waals surface area contributed by atoms with Gasteiger partial charge in [-0.2, -0.15) is 13.9 Å². The highest BCUT2D eigenvalue weighted by Gasteiger charge is 2.14. The first kappa shape index (κ1) is 18.6. The molecule has 3 rings (SSSR count). The quantitative estimate of drug-likeness (QED) is 0.643. The smallest absolute Gasteiger partial charge is 0.387 e. The summed E-state index contributed by atoms with van der Waals surface area (Å²) in [6.07, 6.45) is 3.01. The molecule has 0 unspecified atom stereocenters. The molecule has 2 heterocycles. The third-order valence-electron chi connectivity index (χ3n) is 3.45. The van der Waals surface area contributed by atoms with Crippen LogP contribution >= 0.6 is 0 Å². The number of aliphatic hydroxyl groups is 1. The minimum absolute atomic E-state index is 0.0148. The summed E-state index contributed by atoms with van der Waals surface area (Å²) in [6.45, 7) is -0.729. The van der Waals surface area contributed by atoms with Gasteiger partial charge in [0.25, 0.3) is 0 Å². The number of hydrogen-bond donors (Lipinski definition) is 1. The lowest BCUT2D eigenvalue weighted by molar-refractivity contribution is -0.0498. The van der Waals surface area contributed by atoms with Crippen molar-refractivity contribution in [1.29, 1.82) is 0 Å². The molecule has 0 bridgehead atoms. The van der Waals surface area contributed by atoms with Crippen LogP contribution in [0.3, 0.4) is 0 Å². The molecule has 0 radical (unpaired) electrons. The van der Waals surface area contributed by atoms with E-state index in [0.717, 1.165) is 0 Å². The van der Waals surface area contributed by atoms with Crippen molar-refractivity contribution in [3.63, 3.8) is 0 Å². The van der Waals surface area contributed by atoms with Crippen molar-refractivity contribution in [3.05, 3.63) is 48.3 Å². The molecule has 0 aliphatic heterocycles. The second-order valence-electron chi connectivity index (χ2n) is 5.37. The molecule has 2 aromatic heterocycles. The maximum Gasteiger partial charge on any atom is 0.387 e. The van der Waals surface area contributed by atoms with Gasteiger partial charge in [-0.25, -0.2) is 19.6 Å². The lowest BCUT2D eigenvalue weighted by Crippen LogP contribution is -2.07. The van der Waals surface area contributed by atoms with E-state index in [2.05, 4.69) is 24.8 Å². The normalized spacial score (nSPS) is 11.0. The van der Waals surface area contributed by atoms with Gasteiger partial charge < -0.3 is 14.6 Å². The van der Waals surface area contributed by atoms with E-state index in [4.69, 9.17) is 9.84 Å². The standard InChI is InChI=1S/C17H17F2N5O3/c1-2-26-16-15(11-4-3-5-13(6-11)27-17(18)19)22-12(7-20-16)8-24-10-21-14(9-25)23-24/h3-7,10,17,25H,2,8-9H2,1H3. The van der Waals surface area contributed by atoms with Gasteiger partial charge in [0.15, 0.2) is 5.82 Å². The fourth-order valence-electron chi connectivity index (χ4n) is 2.39. The second-order valence-corrected chi connectivity index (χ2v) is 5.37. The van der Waals surface area contributed by atoms with Crippen LogP contribution in [0, 0.1) is 0 Å². The monoisotopic (exact) mass is 377 g/mol. The number of aliphatic hydroxyl groups excluding tert-OH is 1. The summed E-state index contributed by atoms with van der Waals surface area (Å²) in [5.41, 5.74) is 1.49. The summed E-state index contributed by atoms with van der Waals surface area (Å²) in [4.78, 5) is 12.7. The summed E-state index contributed by atoms with van der Waals surface area (Å²) in [5, 5.41) is 13.1. The van der Waals surface area contributed by atoms with E-state index in [9.17, 15) is 8.78 Å². The van der Waals surface area contributed by atoms with E-state index < -0.39 is 6.61 Å². The van der Waals surface area contributed by atoms with Crippen LogP contribution in [0.5, 0.6) is 11.6 Å². The fraction of sp³-hybridized carbons (Fsp3) is 0.294. The van der Waals surface area contributed by atoms with E-state index in [1.807, 2.05) is 6.92 Å². The number of ether oxygens (including phenoxy) is 2. The molecule has 0 aliphatic rings. The molecule has 1 N–H and O–H groups in total. The van der Waals surface area contributed by atoms with Gasteiger partial charge in [-0.15, -0.1) is 0 Å². The van der Waals surface area contributed by atoms with Gasteiger partial charge in [-0.1, -0.05) is 12.1 Å². The van der Waals surface area contributed by atoms with Crippen molar-refractivity contribution < 1.29 is 23.4 Å².